The number of benzene rings is 1. The highest BCUT2D eigenvalue weighted by molar-refractivity contribution is 6.09. The maximum Gasteiger partial charge on any atom is 0.326 e. The Balaban J connectivity index is 2.08. The van der Waals surface area contributed by atoms with Gasteiger partial charge in [-0.1, -0.05) is 19.1 Å². The molecule has 2 aliphatic heterocycles. The number of ether oxygens (including phenoxy) is 1. The summed E-state index contributed by atoms with van der Waals surface area (Å²) in [4.78, 5) is 41.3. The van der Waals surface area contributed by atoms with Crippen molar-refractivity contribution in [2.45, 2.75) is 24.9 Å². The quantitative estimate of drug-likeness (QED) is 0.637. The van der Waals surface area contributed by atoms with E-state index in [0.717, 1.165) is 16.2 Å². The van der Waals surface area contributed by atoms with Crippen molar-refractivity contribution < 1.29 is 19.1 Å². The Morgan fingerprint density at radius 3 is 2.35 bits per heavy atom. The van der Waals surface area contributed by atoms with Crippen LogP contribution >= 0.6 is 0 Å². The molecule has 1 aromatic carbocycles. The first-order valence-electron chi connectivity index (χ1n) is 8.73. The number of esters is 1. The molecule has 0 spiro atoms. The minimum Gasteiger partial charge on any atom is -0.468 e. The van der Waals surface area contributed by atoms with Gasteiger partial charge in [0.05, 0.1) is 18.9 Å². The van der Waals surface area contributed by atoms with Crippen LogP contribution in [0.3, 0.4) is 0 Å². The van der Waals surface area contributed by atoms with Crippen molar-refractivity contribution in [3.05, 3.63) is 29.8 Å². The van der Waals surface area contributed by atoms with E-state index in [2.05, 4.69) is 5.32 Å². The summed E-state index contributed by atoms with van der Waals surface area (Å²) in [6, 6.07) is 7.37. The Morgan fingerprint density at radius 2 is 1.85 bits per heavy atom. The highest BCUT2D eigenvalue weighted by Crippen LogP contribution is 2.50. The largest absolute Gasteiger partial charge is 0.468 e. The number of likely N-dealkylation sites (tertiary alicyclic amines) is 1. The number of hydrogen-bond acceptors (Lipinski definition) is 6. The molecule has 0 saturated carbocycles. The van der Waals surface area contributed by atoms with E-state index < -0.39 is 29.4 Å². The van der Waals surface area contributed by atoms with Gasteiger partial charge < -0.3 is 9.64 Å². The Labute approximate surface area is 153 Å². The molecule has 2 saturated heterocycles. The zero-order chi connectivity index (χ0) is 19.2. The summed E-state index contributed by atoms with van der Waals surface area (Å²) >= 11 is 0. The average Bonchev–Trinajstić information content (AvgIpc) is 3.11. The second-order valence-corrected chi connectivity index (χ2v) is 7.16. The summed E-state index contributed by atoms with van der Waals surface area (Å²) < 4.78 is 5.00. The number of nitrogens with zero attached hydrogens (tertiary/aromatic N) is 2. The molecule has 1 N–H and O–H groups in total. The first kappa shape index (κ1) is 18.4. The summed E-state index contributed by atoms with van der Waals surface area (Å²) in [6.07, 6.45) is 0.361. The molecule has 0 unspecified atom stereocenters. The van der Waals surface area contributed by atoms with Gasteiger partial charge in [-0.25, -0.2) is 0 Å². The monoisotopic (exact) mass is 359 g/mol. The molecular weight excluding hydrogens is 334 g/mol. The fourth-order valence-corrected chi connectivity index (χ4v) is 4.25. The third-order valence-electron chi connectivity index (χ3n) is 5.75. The van der Waals surface area contributed by atoms with Crippen LogP contribution in [0, 0.1) is 11.8 Å². The van der Waals surface area contributed by atoms with Crippen LogP contribution in [-0.4, -0.2) is 56.5 Å². The van der Waals surface area contributed by atoms with Gasteiger partial charge in [0.2, 0.25) is 11.8 Å². The smallest absolute Gasteiger partial charge is 0.326 e. The van der Waals surface area contributed by atoms with E-state index in [1.807, 2.05) is 50.2 Å². The number of imide groups is 1. The van der Waals surface area contributed by atoms with Crippen LogP contribution in [0.1, 0.15) is 24.9 Å². The number of carbonyl (C=O) groups is 3. The number of nitrogens with one attached hydrogen (secondary N) is 1. The number of hydrogen-bond donors (Lipinski definition) is 1. The molecule has 7 heteroatoms. The SMILES string of the molecule is CC[C@]1(C(=O)OC)N[C@H](c2ccc(N(C)C)cc2)[C@H]2C(=O)N(C)C(=O)[C@H]21. The van der Waals surface area contributed by atoms with Gasteiger partial charge in [-0.2, -0.15) is 0 Å². The third kappa shape index (κ3) is 2.41. The fraction of sp³-hybridized carbons (Fsp3) is 0.526. The molecule has 4 atom stereocenters. The van der Waals surface area contributed by atoms with Gasteiger partial charge in [0.15, 0.2) is 0 Å². The van der Waals surface area contributed by atoms with Crippen molar-refractivity contribution in [2.24, 2.45) is 11.8 Å². The lowest BCUT2D eigenvalue weighted by molar-refractivity contribution is -0.154. The van der Waals surface area contributed by atoms with Gasteiger partial charge in [0.25, 0.3) is 0 Å². The van der Waals surface area contributed by atoms with E-state index >= 15 is 0 Å². The van der Waals surface area contributed by atoms with E-state index in [4.69, 9.17) is 4.74 Å². The normalized spacial score (nSPS) is 30.5. The molecule has 0 aliphatic carbocycles. The Bertz CT molecular complexity index is 746. The van der Waals surface area contributed by atoms with Crippen molar-refractivity contribution in [1.29, 1.82) is 0 Å². The predicted octanol–water partition coefficient (Wildman–Crippen LogP) is 0.950. The number of carbonyl (C=O) groups excluding carboxylic acids is 3. The first-order chi connectivity index (χ1) is 12.3. The highest BCUT2D eigenvalue weighted by Gasteiger charge is 2.67. The van der Waals surface area contributed by atoms with Crippen LogP contribution in [0.5, 0.6) is 0 Å². The van der Waals surface area contributed by atoms with Crippen LogP contribution in [0.4, 0.5) is 5.69 Å². The van der Waals surface area contributed by atoms with Gasteiger partial charge in [0, 0.05) is 32.9 Å². The summed E-state index contributed by atoms with van der Waals surface area (Å²) in [6.45, 7) is 1.83. The zero-order valence-electron chi connectivity index (χ0n) is 15.8. The lowest BCUT2D eigenvalue weighted by Gasteiger charge is -2.30. The van der Waals surface area contributed by atoms with Gasteiger partial charge in [0.1, 0.15) is 5.54 Å². The van der Waals surface area contributed by atoms with Gasteiger partial charge in [-0.15, -0.1) is 0 Å². The maximum absolute atomic E-state index is 12.8. The second-order valence-electron chi connectivity index (χ2n) is 7.16. The molecule has 140 valence electrons. The number of anilines is 1. The van der Waals surface area contributed by atoms with E-state index in [-0.39, 0.29) is 11.8 Å². The summed E-state index contributed by atoms with van der Waals surface area (Å²) in [5.74, 6) is -2.45. The fourth-order valence-electron chi connectivity index (χ4n) is 4.25. The minimum atomic E-state index is -1.19. The molecule has 1 aromatic rings. The Morgan fingerprint density at radius 1 is 1.23 bits per heavy atom. The van der Waals surface area contributed by atoms with E-state index in [0.29, 0.717) is 6.42 Å². The molecule has 2 amide bonds. The van der Waals surface area contributed by atoms with Crippen molar-refractivity contribution >= 4 is 23.5 Å². The third-order valence-corrected chi connectivity index (χ3v) is 5.75. The standard InChI is InChI=1S/C19H25N3O4/c1-6-19(18(25)26-5)14-13(16(23)22(4)17(14)24)15(20-19)11-7-9-12(10-8-11)21(2)3/h7-10,13-15,20H,6H2,1-5H3/t13-,14-,15+,19-/m0/s1. The van der Waals surface area contributed by atoms with Crippen molar-refractivity contribution in [2.75, 3.05) is 33.2 Å². The molecule has 0 radical (unpaired) electrons. The van der Waals surface area contributed by atoms with Crippen molar-refractivity contribution in [1.82, 2.24) is 10.2 Å². The van der Waals surface area contributed by atoms with E-state index in [1.54, 1.807) is 0 Å². The highest BCUT2D eigenvalue weighted by atomic mass is 16.5. The number of amides is 2. The van der Waals surface area contributed by atoms with Crippen LogP contribution in [0.15, 0.2) is 24.3 Å². The lowest BCUT2D eigenvalue weighted by atomic mass is 9.78. The predicted molar refractivity (Wildman–Crippen MR) is 96.4 cm³/mol. The second kappa shape index (κ2) is 6.39. The molecule has 2 heterocycles. The Kier molecular flexibility index (Phi) is 4.52. The van der Waals surface area contributed by atoms with Crippen LogP contribution < -0.4 is 10.2 Å². The van der Waals surface area contributed by atoms with Crippen LogP contribution in [-0.2, 0) is 19.1 Å². The lowest BCUT2D eigenvalue weighted by Crippen LogP contribution is -2.55. The van der Waals surface area contributed by atoms with Gasteiger partial charge in [-0.3, -0.25) is 24.6 Å². The van der Waals surface area contributed by atoms with Crippen LogP contribution in [0.25, 0.3) is 0 Å². The van der Waals surface area contributed by atoms with Crippen molar-refractivity contribution in [3.8, 4) is 0 Å². The molecule has 2 aliphatic rings. The number of fused-ring (bicyclic) bond motifs is 1. The minimum absolute atomic E-state index is 0.256. The molecule has 2 fully saturated rings. The molecule has 26 heavy (non-hydrogen) atoms. The summed E-state index contributed by atoms with van der Waals surface area (Å²) in [7, 11) is 6.69. The number of rotatable bonds is 4. The molecular formula is C19H25N3O4. The summed E-state index contributed by atoms with van der Waals surface area (Å²) in [5.41, 5.74) is 0.715. The molecule has 3 rings (SSSR count). The maximum atomic E-state index is 12.8. The Hall–Kier alpha value is -2.41. The van der Waals surface area contributed by atoms with Crippen LogP contribution in [0.2, 0.25) is 0 Å². The first-order valence-corrected chi connectivity index (χ1v) is 8.73. The average molecular weight is 359 g/mol. The molecule has 7 nitrogen and oxygen atoms in total. The van der Waals surface area contributed by atoms with E-state index in [1.165, 1.54) is 14.2 Å². The summed E-state index contributed by atoms with van der Waals surface area (Å²) in [5, 5.41) is 3.30. The van der Waals surface area contributed by atoms with Gasteiger partial charge >= 0.3 is 5.97 Å². The zero-order valence-corrected chi connectivity index (χ0v) is 15.8. The van der Waals surface area contributed by atoms with Gasteiger partial charge in [-0.05, 0) is 24.1 Å². The van der Waals surface area contributed by atoms with E-state index in [9.17, 15) is 14.4 Å². The van der Waals surface area contributed by atoms with Crippen molar-refractivity contribution in [3.63, 3.8) is 0 Å². The molecule has 0 aromatic heterocycles. The molecule has 0 bridgehead atoms. The number of methoxy groups -OCH3 is 1. The topological polar surface area (TPSA) is 79.0 Å².